The fourth-order valence-electron chi connectivity index (χ4n) is 5.69. The average Bonchev–Trinajstić information content (AvgIpc) is 3.26. The lowest BCUT2D eigenvalue weighted by atomic mass is 10.0. The molecule has 0 saturated heterocycles. The number of fused-ring (bicyclic) bond motifs is 3. The number of rotatable bonds is 3. The highest BCUT2D eigenvalue weighted by atomic mass is 127. The van der Waals surface area contributed by atoms with E-state index in [9.17, 15) is 0 Å². The molecule has 0 radical (unpaired) electrons. The van der Waals surface area contributed by atoms with Crippen molar-refractivity contribution in [2.24, 2.45) is 0 Å². The van der Waals surface area contributed by atoms with Crippen LogP contribution in [0.3, 0.4) is 0 Å². The summed E-state index contributed by atoms with van der Waals surface area (Å²) in [5.74, 6) is 8.80. The fourth-order valence-corrected chi connectivity index (χ4v) is 6.20. The molecule has 3 aromatic heterocycles. The van der Waals surface area contributed by atoms with Gasteiger partial charge in [-0.3, -0.25) is 15.0 Å². The second kappa shape index (κ2) is 20.6. The Morgan fingerprint density at radius 3 is 1.38 bits per heavy atom. The lowest BCUT2D eigenvalue weighted by Gasteiger charge is -2.04. The van der Waals surface area contributed by atoms with Crippen LogP contribution in [0.2, 0.25) is 0 Å². The number of pyridine rings is 3. The van der Waals surface area contributed by atoms with E-state index in [0.717, 1.165) is 29.5 Å². The quantitative estimate of drug-likeness (QED) is 0.132. The molecule has 0 aliphatic carbocycles. The molecule has 0 saturated carbocycles. The number of nitrogens with zero attached hydrogens (tertiary/aromatic N) is 3. The lowest BCUT2D eigenvalue weighted by molar-refractivity contribution is 0.957. The van der Waals surface area contributed by atoms with Gasteiger partial charge < -0.3 is 0 Å². The molecule has 6 aromatic carbocycles. The van der Waals surface area contributed by atoms with Crippen molar-refractivity contribution in [1.29, 1.82) is 0 Å². The van der Waals surface area contributed by atoms with Gasteiger partial charge in [-0.15, -0.1) is 6.42 Å². The number of hydrogen-bond acceptors (Lipinski definition) is 3. The summed E-state index contributed by atoms with van der Waals surface area (Å²) in [7, 11) is 0. The Morgan fingerprint density at radius 1 is 0.382 bits per heavy atom. The highest BCUT2D eigenvalue weighted by Crippen LogP contribution is 2.18. The molecular formula is C51H38IN3. The third-order valence-electron chi connectivity index (χ3n) is 8.61. The van der Waals surface area contributed by atoms with Crippen molar-refractivity contribution in [2.75, 3.05) is 0 Å². The molecule has 0 atom stereocenters. The molecule has 0 unspecified atom stereocenters. The van der Waals surface area contributed by atoms with Crippen LogP contribution in [0.15, 0.2) is 201 Å². The van der Waals surface area contributed by atoms with Crippen molar-refractivity contribution in [3.05, 3.63) is 232 Å². The predicted molar refractivity (Wildman–Crippen MR) is 239 cm³/mol. The summed E-state index contributed by atoms with van der Waals surface area (Å²) in [5, 5.41) is 7.73. The summed E-state index contributed by atoms with van der Waals surface area (Å²) < 4.78 is 1.29. The minimum atomic E-state index is 0.875. The van der Waals surface area contributed by atoms with Crippen molar-refractivity contribution in [3.63, 3.8) is 0 Å². The maximum Gasteiger partial charge on any atom is 0.0280 e. The molecule has 9 aromatic rings. The maximum atomic E-state index is 5.07. The van der Waals surface area contributed by atoms with E-state index in [1.807, 2.05) is 36.7 Å². The number of terminal acetylenes is 1. The van der Waals surface area contributed by atoms with Crippen LogP contribution in [0, 0.1) is 27.8 Å². The van der Waals surface area contributed by atoms with Crippen LogP contribution >= 0.6 is 22.6 Å². The summed E-state index contributed by atoms with van der Waals surface area (Å²) in [4.78, 5) is 11.8. The van der Waals surface area contributed by atoms with Gasteiger partial charge in [-0.25, -0.2) is 0 Å². The van der Waals surface area contributed by atoms with Crippen LogP contribution < -0.4 is 0 Å². The molecular weight excluding hydrogens is 781 g/mol. The Balaban J connectivity index is 0.000000131. The summed E-state index contributed by atoms with van der Waals surface area (Å²) in [5.41, 5.74) is 5.63. The van der Waals surface area contributed by atoms with E-state index >= 15 is 0 Å². The van der Waals surface area contributed by atoms with Crippen molar-refractivity contribution in [2.45, 2.75) is 12.8 Å². The number of aromatic nitrogens is 3. The van der Waals surface area contributed by atoms with E-state index in [4.69, 9.17) is 6.42 Å². The molecule has 0 spiro atoms. The molecule has 0 aliphatic heterocycles. The Labute approximate surface area is 337 Å². The molecule has 4 heteroatoms. The summed E-state index contributed by atoms with van der Waals surface area (Å²) in [6.45, 7) is 0. The monoisotopic (exact) mass is 819 g/mol. The Bertz CT molecular complexity index is 2680. The molecule has 55 heavy (non-hydrogen) atoms. The summed E-state index contributed by atoms with van der Waals surface area (Å²) in [6.07, 6.45) is 17.8. The zero-order valence-electron chi connectivity index (χ0n) is 30.3. The van der Waals surface area contributed by atoms with Gasteiger partial charge in [0.25, 0.3) is 0 Å². The minimum absolute atomic E-state index is 0.875. The van der Waals surface area contributed by atoms with Gasteiger partial charge in [0.2, 0.25) is 0 Å². The molecule has 0 N–H and O–H groups in total. The Kier molecular flexibility index (Phi) is 14.3. The highest BCUT2D eigenvalue weighted by Gasteiger charge is 1.98. The average molecular weight is 820 g/mol. The summed E-state index contributed by atoms with van der Waals surface area (Å²) >= 11 is 2.33. The molecule has 3 heterocycles. The van der Waals surface area contributed by atoms with Crippen LogP contribution in [-0.2, 0) is 12.8 Å². The second-order valence-corrected chi connectivity index (χ2v) is 13.7. The first kappa shape index (κ1) is 38.1. The van der Waals surface area contributed by atoms with E-state index in [1.165, 1.54) is 47.0 Å². The number of hydrogen-bond donors (Lipinski definition) is 0. The zero-order valence-corrected chi connectivity index (χ0v) is 32.4. The van der Waals surface area contributed by atoms with Gasteiger partial charge >= 0.3 is 0 Å². The highest BCUT2D eigenvalue weighted by molar-refractivity contribution is 14.1. The zero-order chi connectivity index (χ0) is 37.9. The standard InChI is InChI=1S/C17H15N.C17H11N.C10H7I.C7H5N/c2*1-2-4-17-13-15(7-8-16(17)3-1)6-5-14-9-11-18-12-10-14;11-10-6-5-8-3-1-2-4-9(8)7-10;1-2-7-3-5-8-6-4-7/h1-4,7-13H,5-6H2;1-4,7-13H;1-7H;1,3-6H. The molecule has 0 aliphatic rings. The topological polar surface area (TPSA) is 38.7 Å². The molecule has 0 fully saturated rings. The van der Waals surface area contributed by atoms with Gasteiger partial charge in [0, 0.05) is 57.4 Å². The van der Waals surface area contributed by atoms with Gasteiger partial charge in [-0.05, 0) is 140 Å². The SMILES string of the molecule is C#Cc1ccncc1.C(#Cc1ccc2ccccc2c1)c1ccncc1.Ic1ccc2ccccc2c1.c1ccc2cc(CCc3ccncc3)ccc2c1. The minimum Gasteiger partial charge on any atom is -0.265 e. The molecule has 0 bridgehead atoms. The molecule has 3 nitrogen and oxygen atoms in total. The van der Waals surface area contributed by atoms with E-state index in [0.29, 0.717) is 0 Å². The van der Waals surface area contributed by atoms with E-state index in [2.05, 4.69) is 183 Å². The van der Waals surface area contributed by atoms with E-state index in [-0.39, 0.29) is 0 Å². The van der Waals surface area contributed by atoms with Crippen molar-refractivity contribution in [1.82, 2.24) is 15.0 Å². The Hall–Kier alpha value is -6.60. The fraction of sp³-hybridized carbons (Fsp3) is 0.0392. The Morgan fingerprint density at radius 2 is 0.818 bits per heavy atom. The van der Waals surface area contributed by atoms with Crippen molar-refractivity contribution >= 4 is 54.9 Å². The number of halogens is 1. The van der Waals surface area contributed by atoms with Crippen molar-refractivity contribution in [3.8, 4) is 24.2 Å². The van der Waals surface area contributed by atoms with Crippen LogP contribution in [0.1, 0.15) is 27.8 Å². The lowest BCUT2D eigenvalue weighted by Crippen LogP contribution is -1.91. The molecule has 264 valence electrons. The van der Waals surface area contributed by atoms with E-state index in [1.54, 1.807) is 36.9 Å². The van der Waals surface area contributed by atoms with E-state index < -0.39 is 0 Å². The largest absolute Gasteiger partial charge is 0.265 e. The van der Waals surface area contributed by atoms with Crippen molar-refractivity contribution < 1.29 is 0 Å². The number of aryl methyl sites for hydroxylation is 2. The van der Waals surface area contributed by atoms with Crippen LogP contribution in [0.5, 0.6) is 0 Å². The first-order valence-electron chi connectivity index (χ1n) is 17.9. The third kappa shape index (κ3) is 12.2. The van der Waals surface area contributed by atoms with Gasteiger partial charge in [0.15, 0.2) is 0 Å². The van der Waals surface area contributed by atoms with Crippen LogP contribution in [-0.4, -0.2) is 15.0 Å². The summed E-state index contributed by atoms with van der Waals surface area (Å²) in [6, 6.07) is 56.2. The predicted octanol–water partition coefficient (Wildman–Crippen LogP) is 12.2. The third-order valence-corrected chi connectivity index (χ3v) is 9.28. The first-order chi connectivity index (χ1) is 27.1. The van der Waals surface area contributed by atoms with Gasteiger partial charge in [0.1, 0.15) is 0 Å². The molecule has 9 rings (SSSR count). The van der Waals surface area contributed by atoms with Gasteiger partial charge in [-0.1, -0.05) is 121 Å². The smallest absolute Gasteiger partial charge is 0.0280 e. The number of benzene rings is 6. The second-order valence-electron chi connectivity index (χ2n) is 12.5. The van der Waals surface area contributed by atoms with Gasteiger partial charge in [0.05, 0.1) is 0 Å². The maximum absolute atomic E-state index is 5.07. The van der Waals surface area contributed by atoms with Crippen LogP contribution in [0.25, 0.3) is 32.3 Å². The normalized spacial score (nSPS) is 9.89. The van der Waals surface area contributed by atoms with Crippen LogP contribution in [0.4, 0.5) is 0 Å². The molecule has 0 amide bonds. The van der Waals surface area contributed by atoms with Gasteiger partial charge in [-0.2, -0.15) is 0 Å². The first-order valence-corrected chi connectivity index (χ1v) is 19.0.